The van der Waals surface area contributed by atoms with Gasteiger partial charge in [-0.15, -0.1) is 0 Å². The van der Waals surface area contributed by atoms with Gasteiger partial charge >= 0.3 is 0 Å². The molecule has 19 heavy (non-hydrogen) atoms. The molecule has 1 aromatic carbocycles. The van der Waals surface area contributed by atoms with Crippen LogP contribution in [0.2, 0.25) is 0 Å². The van der Waals surface area contributed by atoms with Crippen molar-refractivity contribution in [3.63, 3.8) is 0 Å². The summed E-state index contributed by atoms with van der Waals surface area (Å²) < 4.78 is 6.97. The van der Waals surface area contributed by atoms with Gasteiger partial charge in [-0.25, -0.2) is 0 Å². The predicted octanol–water partition coefficient (Wildman–Crippen LogP) is 4.23. The number of hydrogen-bond acceptors (Lipinski definition) is 3. The molecule has 0 radical (unpaired) electrons. The van der Waals surface area contributed by atoms with E-state index in [4.69, 9.17) is 3.44 Å². The van der Waals surface area contributed by atoms with Crippen LogP contribution in [0.1, 0.15) is 51.3 Å². The summed E-state index contributed by atoms with van der Waals surface area (Å²) in [5.74, 6) is 1.09. The van der Waals surface area contributed by atoms with Gasteiger partial charge in [0.2, 0.25) is 0 Å². The summed E-state index contributed by atoms with van der Waals surface area (Å²) in [6, 6.07) is 3.33. The molecule has 0 bridgehead atoms. The minimum absolute atomic E-state index is 0.253. The highest BCUT2D eigenvalue weighted by molar-refractivity contribution is 14.1. The van der Waals surface area contributed by atoms with Crippen LogP contribution in [0.4, 0.5) is 0 Å². The first-order chi connectivity index (χ1) is 8.55. The molecule has 4 heteroatoms. The first-order valence-electron chi connectivity index (χ1n) is 6.25. The third-order valence-electron chi connectivity index (χ3n) is 2.13. The molecule has 1 aromatic rings. The number of aliphatic hydroxyl groups is 1. The lowest BCUT2D eigenvalue weighted by molar-refractivity contribution is 0.0772. The Hall–Kier alpha value is -0.330. The number of phenols is 1. The summed E-state index contributed by atoms with van der Waals surface area (Å²) in [4.78, 5) is 0. The van der Waals surface area contributed by atoms with Crippen LogP contribution in [0.3, 0.4) is 0 Å². The van der Waals surface area contributed by atoms with Crippen LogP contribution in [-0.2, 0) is 5.60 Å². The van der Waals surface area contributed by atoms with Crippen molar-refractivity contribution in [1.29, 1.82) is 0 Å². The average molecular weight is 382 g/mol. The Labute approximate surface area is 131 Å². The molecule has 0 atom stereocenters. The maximum atomic E-state index is 9.86. The third kappa shape index (κ3) is 9.24. The fraction of sp³-hybridized carbons (Fsp3) is 0.600. The van der Waals surface area contributed by atoms with Gasteiger partial charge in [-0.3, -0.25) is 0 Å². The molecule has 0 saturated heterocycles. The molecule has 0 unspecified atom stereocenters. The maximum Gasteiger partial charge on any atom is 0.116 e. The smallest absolute Gasteiger partial charge is 0.116 e. The largest absolute Gasteiger partial charge is 0.508 e. The summed E-state index contributed by atoms with van der Waals surface area (Å²) in [6.07, 6.45) is 0. The van der Waals surface area contributed by atoms with Gasteiger partial charge in [0.05, 0.1) is 5.60 Å². The molecule has 0 spiro atoms. The Morgan fingerprint density at radius 1 is 1.00 bits per heavy atom. The monoisotopic (exact) mass is 382 g/mol. The Morgan fingerprint density at radius 3 is 1.47 bits per heavy atom. The number of rotatable bonds is 1. The molecule has 0 saturated carbocycles. The lowest BCUT2D eigenvalue weighted by Crippen LogP contribution is -2.18. The fourth-order valence-corrected chi connectivity index (χ4v) is 1.91. The van der Waals surface area contributed by atoms with Crippen molar-refractivity contribution in [1.82, 2.24) is 0 Å². The van der Waals surface area contributed by atoms with Crippen LogP contribution in [0.15, 0.2) is 12.1 Å². The van der Waals surface area contributed by atoms with Gasteiger partial charge in [-0.05, 0) is 62.4 Å². The van der Waals surface area contributed by atoms with Gasteiger partial charge in [-0.1, -0.05) is 20.8 Å². The summed E-state index contributed by atoms with van der Waals surface area (Å²) in [6.45, 7) is 13.8. The first-order valence-corrected chi connectivity index (χ1v) is 7.22. The van der Waals surface area contributed by atoms with Crippen LogP contribution in [0.5, 0.6) is 5.75 Å². The highest BCUT2D eigenvalue weighted by atomic mass is 127. The highest BCUT2D eigenvalue weighted by Gasteiger charge is 2.20. The molecule has 0 heterocycles. The van der Waals surface area contributed by atoms with Gasteiger partial charge in [-0.2, -0.15) is 0 Å². The second kappa shape index (κ2) is 9.55. The van der Waals surface area contributed by atoms with E-state index in [1.54, 1.807) is 26.0 Å². The van der Waals surface area contributed by atoms with E-state index in [0.29, 0.717) is 0 Å². The van der Waals surface area contributed by atoms with Crippen molar-refractivity contribution in [2.75, 3.05) is 0 Å². The molecule has 3 N–H and O–H groups in total. The van der Waals surface area contributed by atoms with Crippen LogP contribution in [0, 0.1) is 19.8 Å². The Morgan fingerprint density at radius 2 is 1.26 bits per heavy atom. The Kier molecular flexibility index (Phi) is 10.5. The van der Waals surface area contributed by atoms with Crippen molar-refractivity contribution in [2.45, 2.75) is 54.1 Å². The van der Waals surface area contributed by atoms with Crippen LogP contribution in [0.25, 0.3) is 0 Å². The van der Waals surface area contributed by atoms with Crippen LogP contribution >= 0.6 is 23.0 Å². The molecule has 0 amide bonds. The van der Waals surface area contributed by atoms with E-state index in [2.05, 4.69) is 20.8 Å². The zero-order chi connectivity index (χ0) is 15.8. The zero-order valence-corrected chi connectivity index (χ0v) is 15.1. The lowest BCUT2D eigenvalue weighted by Gasteiger charge is -2.23. The fourth-order valence-electron chi connectivity index (χ4n) is 1.91. The second-order valence-corrected chi connectivity index (χ2v) is 5.75. The van der Waals surface area contributed by atoms with E-state index >= 15 is 0 Å². The Balaban J connectivity index is 0. The van der Waals surface area contributed by atoms with Crippen molar-refractivity contribution < 1.29 is 13.6 Å². The quantitative estimate of drug-likeness (QED) is 0.637. The standard InChI is InChI=1S/C11H16O2.C4H10.HIO/c1-7-5-9(12)6-8(2)10(7)11(3,4)13;1-4(2)3;1-2/h5-6,12-13H,1-4H3;4H,1-3H3;2H. The Bertz CT molecular complexity index is 342. The van der Waals surface area contributed by atoms with Gasteiger partial charge in [0.25, 0.3) is 0 Å². The molecule has 3 nitrogen and oxygen atoms in total. The molecule has 0 aliphatic rings. The number of aryl methyl sites for hydroxylation is 2. The predicted molar refractivity (Wildman–Crippen MR) is 89.6 cm³/mol. The van der Waals surface area contributed by atoms with Crippen molar-refractivity contribution in [3.05, 3.63) is 28.8 Å². The summed E-state index contributed by atoms with van der Waals surface area (Å²) >= 11 is 1.15. The molecular formula is C15H27IO3. The van der Waals surface area contributed by atoms with E-state index in [9.17, 15) is 10.2 Å². The molecular weight excluding hydrogens is 355 g/mol. The van der Waals surface area contributed by atoms with Gasteiger partial charge in [0, 0.05) is 0 Å². The molecule has 0 fully saturated rings. The number of benzene rings is 1. The highest BCUT2D eigenvalue weighted by Crippen LogP contribution is 2.29. The van der Waals surface area contributed by atoms with E-state index in [0.717, 1.165) is 45.6 Å². The van der Waals surface area contributed by atoms with Crippen LogP contribution < -0.4 is 0 Å². The molecule has 1 rings (SSSR count). The topological polar surface area (TPSA) is 60.7 Å². The lowest BCUT2D eigenvalue weighted by atomic mass is 9.89. The number of halogens is 1. The van der Waals surface area contributed by atoms with Gasteiger partial charge in [0.1, 0.15) is 28.8 Å². The van der Waals surface area contributed by atoms with Crippen LogP contribution in [-0.4, -0.2) is 13.6 Å². The van der Waals surface area contributed by atoms with Gasteiger partial charge in [0.15, 0.2) is 0 Å². The van der Waals surface area contributed by atoms with E-state index in [1.807, 2.05) is 13.8 Å². The van der Waals surface area contributed by atoms with Crippen molar-refractivity contribution in [3.8, 4) is 5.75 Å². The summed E-state index contributed by atoms with van der Waals surface area (Å²) in [7, 11) is 0. The summed E-state index contributed by atoms with van der Waals surface area (Å²) in [5.41, 5.74) is 1.89. The second-order valence-electron chi connectivity index (χ2n) is 5.75. The van der Waals surface area contributed by atoms with E-state index in [-0.39, 0.29) is 5.75 Å². The number of aromatic hydroxyl groups is 1. The SMILES string of the molecule is CC(C)C.Cc1cc(O)cc(C)c1C(C)(C)O.OI. The molecule has 0 aliphatic carbocycles. The third-order valence-corrected chi connectivity index (χ3v) is 2.13. The van der Waals surface area contributed by atoms with Gasteiger partial charge < -0.3 is 13.6 Å². The van der Waals surface area contributed by atoms with Crippen molar-refractivity contribution in [2.24, 2.45) is 5.92 Å². The zero-order valence-electron chi connectivity index (χ0n) is 13.0. The first kappa shape index (κ1) is 21.0. The summed E-state index contributed by atoms with van der Waals surface area (Å²) in [5, 5.41) is 19.2. The minimum atomic E-state index is -0.845. The number of phenolic OH excluding ortho intramolecular Hbond substituents is 1. The average Bonchev–Trinajstić information content (AvgIpc) is 2.15. The van der Waals surface area contributed by atoms with E-state index < -0.39 is 5.60 Å². The molecule has 0 aromatic heterocycles. The van der Waals surface area contributed by atoms with Crippen molar-refractivity contribution >= 4 is 23.0 Å². The molecule has 112 valence electrons. The maximum absolute atomic E-state index is 9.86. The minimum Gasteiger partial charge on any atom is -0.508 e. The normalized spacial score (nSPS) is 10.3. The van der Waals surface area contributed by atoms with E-state index in [1.165, 1.54) is 0 Å². The number of hydrogen-bond donors (Lipinski definition) is 3. The molecule has 0 aliphatic heterocycles.